The monoisotopic (exact) mass is 398 g/mol. The van der Waals surface area contributed by atoms with Gasteiger partial charge in [0.1, 0.15) is 0 Å². The van der Waals surface area contributed by atoms with Crippen LogP contribution < -0.4 is 10.6 Å². The highest BCUT2D eigenvalue weighted by Crippen LogP contribution is 2.39. The summed E-state index contributed by atoms with van der Waals surface area (Å²) < 4.78 is 2.03. The Labute approximate surface area is 164 Å². The highest BCUT2D eigenvalue weighted by molar-refractivity contribution is 7.12. The lowest BCUT2D eigenvalue weighted by Crippen LogP contribution is -2.25. The second-order valence-corrected chi connectivity index (χ2v) is 6.88. The topological polar surface area (TPSA) is 113 Å². The van der Waals surface area contributed by atoms with E-state index in [0.29, 0.717) is 12.1 Å². The van der Waals surface area contributed by atoms with Crippen LogP contribution in [0.3, 0.4) is 0 Å². The molecule has 1 aliphatic rings. The van der Waals surface area contributed by atoms with Crippen molar-refractivity contribution in [1.82, 2.24) is 9.55 Å². The highest BCUT2D eigenvalue weighted by atomic mass is 32.1. The van der Waals surface area contributed by atoms with E-state index in [-0.39, 0.29) is 24.2 Å². The molecule has 0 saturated carbocycles. The van der Waals surface area contributed by atoms with Crippen molar-refractivity contribution < 1.29 is 19.5 Å². The number of nitrogens with one attached hydrogen (secondary N) is 2. The van der Waals surface area contributed by atoms with Crippen LogP contribution in [0.5, 0.6) is 0 Å². The number of fused-ring (bicyclic) bond motifs is 1. The summed E-state index contributed by atoms with van der Waals surface area (Å²) in [5, 5.41) is 15.4. The molecule has 1 aromatic carbocycles. The molecule has 3 heterocycles. The van der Waals surface area contributed by atoms with Crippen LogP contribution in [0.4, 0.5) is 11.4 Å². The molecule has 2 aromatic heterocycles. The van der Waals surface area contributed by atoms with Crippen molar-refractivity contribution in [3.8, 4) is 5.13 Å². The molecule has 2 amide bonds. The molecule has 1 aliphatic heterocycles. The fraction of sp³-hybridized carbons (Fsp3) is 0.158. The molecule has 0 spiro atoms. The first-order valence-corrected chi connectivity index (χ1v) is 9.27. The molecule has 0 saturated heterocycles. The first-order valence-electron chi connectivity index (χ1n) is 8.40. The van der Waals surface area contributed by atoms with Crippen molar-refractivity contribution in [3.05, 3.63) is 59.4 Å². The van der Waals surface area contributed by atoms with Gasteiger partial charge in [0.25, 0.3) is 6.47 Å². The van der Waals surface area contributed by atoms with Gasteiger partial charge in [0.05, 0.1) is 0 Å². The number of nitrogens with zero attached hydrogens (tertiary/aromatic N) is 2. The molecular formula is C19H18N4O4S. The van der Waals surface area contributed by atoms with Crippen LogP contribution in [0.1, 0.15) is 30.5 Å². The van der Waals surface area contributed by atoms with Crippen LogP contribution in [0.2, 0.25) is 0 Å². The molecule has 0 fully saturated rings. The average molecular weight is 398 g/mol. The standard InChI is InChI=1S/C18H16N4O2S.CH2O2/c1-11(23)20-12-4-5-13-14(10-17(24)21-15(13)9-12)16-3-2-7-22(16)18-19-6-8-25-18;2-1-3/h2-9,14H,10H2,1H3,(H,20,23)(H,21,24);1H,(H,2,3). The molecular weight excluding hydrogens is 380 g/mol. The van der Waals surface area contributed by atoms with Crippen molar-refractivity contribution in [2.75, 3.05) is 10.6 Å². The van der Waals surface area contributed by atoms with Gasteiger partial charge in [0, 0.05) is 54.1 Å². The Hall–Kier alpha value is -3.46. The average Bonchev–Trinajstić information content (AvgIpc) is 3.32. The van der Waals surface area contributed by atoms with Gasteiger partial charge >= 0.3 is 0 Å². The van der Waals surface area contributed by atoms with E-state index in [1.807, 2.05) is 40.4 Å². The van der Waals surface area contributed by atoms with Gasteiger partial charge in [-0.05, 0) is 29.8 Å². The third-order valence-corrected chi connectivity index (χ3v) is 4.95. The summed E-state index contributed by atoms with van der Waals surface area (Å²) in [5.41, 5.74) is 3.46. The summed E-state index contributed by atoms with van der Waals surface area (Å²) in [4.78, 5) is 36.2. The predicted octanol–water partition coefficient (Wildman–Crippen LogP) is 3.07. The summed E-state index contributed by atoms with van der Waals surface area (Å²) in [6.07, 6.45) is 4.11. The largest absolute Gasteiger partial charge is 0.483 e. The SMILES string of the molecule is CC(=O)Nc1ccc2c(c1)NC(=O)CC2c1cccn1-c1nccs1.O=CO. The maximum absolute atomic E-state index is 12.2. The summed E-state index contributed by atoms with van der Waals surface area (Å²) in [6, 6.07) is 9.62. The fourth-order valence-corrected chi connectivity index (χ4v) is 3.84. The van der Waals surface area contributed by atoms with Crippen molar-refractivity contribution >= 4 is 41.0 Å². The second-order valence-electron chi connectivity index (χ2n) is 6.01. The molecule has 0 bridgehead atoms. The zero-order valence-electron chi connectivity index (χ0n) is 15.0. The number of thiazole rings is 1. The molecule has 1 unspecified atom stereocenters. The highest BCUT2D eigenvalue weighted by Gasteiger charge is 2.29. The molecule has 4 rings (SSSR count). The number of benzene rings is 1. The molecule has 144 valence electrons. The molecule has 28 heavy (non-hydrogen) atoms. The van der Waals surface area contributed by atoms with Crippen molar-refractivity contribution in [2.24, 2.45) is 0 Å². The molecule has 3 aromatic rings. The van der Waals surface area contributed by atoms with Crippen LogP contribution in [0.15, 0.2) is 48.1 Å². The number of carbonyl (C=O) groups excluding carboxylic acids is 2. The van der Waals surface area contributed by atoms with E-state index in [1.54, 1.807) is 23.6 Å². The first kappa shape index (κ1) is 19.3. The van der Waals surface area contributed by atoms with Gasteiger partial charge in [-0.15, -0.1) is 11.3 Å². The molecule has 1 atom stereocenters. The quantitative estimate of drug-likeness (QED) is 0.587. The fourth-order valence-electron chi connectivity index (χ4n) is 3.20. The number of amides is 2. The van der Waals surface area contributed by atoms with E-state index in [4.69, 9.17) is 9.90 Å². The predicted molar refractivity (Wildman–Crippen MR) is 106 cm³/mol. The van der Waals surface area contributed by atoms with E-state index < -0.39 is 0 Å². The van der Waals surface area contributed by atoms with E-state index in [0.717, 1.165) is 22.1 Å². The Kier molecular flexibility index (Phi) is 5.85. The summed E-state index contributed by atoms with van der Waals surface area (Å²) in [5.74, 6) is -0.241. The number of anilines is 2. The summed E-state index contributed by atoms with van der Waals surface area (Å²) in [6.45, 7) is 1.21. The van der Waals surface area contributed by atoms with Gasteiger partial charge in [-0.1, -0.05) is 6.07 Å². The van der Waals surface area contributed by atoms with E-state index in [1.165, 1.54) is 6.92 Å². The van der Waals surface area contributed by atoms with Crippen LogP contribution in [-0.4, -0.2) is 32.9 Å². The molecule has 9 heteroatoms. The van der Waals surface area contributed by atoms with Gasteiger partial charge in [0.2, 0.25) is 11.8 Å². The lowest BCUT2D eigenvalue weighted by atomic mass is 9.87. The Morgan fingerprint density at radius 2 is 2.21 bits per heavy atom. The summed E-state index contributed by atoms with van der Waals surface area (Å²) >= 11 is 1.55. The maximum Gasteiger partial charge on any atom is 0.290 e. The van der Waals surface area contributed by atoms with Gasteiger partial charge in [-0.2, -0.15) is 0 Å². The number of hydrogen-bond acceptors (Lipinski definition) is 5. The molecule has 8 nitrogen and oxygen atoms in total. The number of hydrogen-bond donors (Lipinski definition) is 3. The Morgan fingerprint density at radius 1 is 1.43 bits per heavy atom. The zero-order chi connectivity index (χ0) is 20.1. The number of carbonyl (C=O) groups is 3. The maximum atomic E-state index is 12.2. The smallest absolute Gasteiger partial charge is 0.290 e. The van der Waals surface area contributed by atoms with Crippen LogP contribution in [-0.2, 0) is 14.4 Å². The lowest BCUT2D eigenvalue weighted by Gasteiger charge is -2.27. The minimum atomic E-state index is -0.250. The normalized spacial score (nSPS) is 14.9. The van der Waals surface area contributed by atoms with E-state index in [2.05, 4.69) is 15.6 Å². The van der Waals surface area contributed by atoms with Gasteiger partial charge in [-0.25, -0.2) is 4.98 Å². The summed E-state index contributed by atoms with van der Waals surface area (Å²) in [7, 11) is 0. The number of rotatable bonds is 3. The Balaban J connectivity index is 0.000000706. The van der Waals surface area contributed by atoms with Crippen LogP contribution in [0.25, 0.3) is 5.13 Å². The van der Waals surface area contributed by atoms with Crippen molar-refractivity contribution in [3.63, 3.8) is 0 Å². The van der Waals surface area contributed by atoms with Gasteiger partial charge < -0.3 is 15.7 Å². The third-order valence-electron chi connectivity index (χ3n) is 4.18. The van der Waals surface area contributed by atoms with Crippen LogP contribution >= 0.6 is 11.3 Å². The van der Waals surface area contributed by atoms with Crippen molar-refractivity contribution in [2.45, 2.75) is 19.3 Å². The van der Waals surface area contributed by atoms with Crippen molar-refractivity contribution in [1.29, 1.82) is 0 Å². The molecule has 0 aliphatic carbocycles. The number of carboxylic acid groups (broad SMARTS) is 1. The minimum Gasteiger partial charge on any atom is -0.483 e. The lowest BCUT2D eigenvalue weighted by molar-refractivity contribution is -0.123. The second kappa shape index (κ2) is 8.49. The third kappa shape index (κ3) is 4.09. The molecule has 0 radical (unpaired) electrons. The molecule has 3 N–H and O–H groups in total. The Bertz CT molecular complexity index is 997. The Morgan fingerprint density at radius 3 is 2.89 bits per heavy atom. The van der Waals surface area contributed by atoms with E-state index >= 15 is 0 Å². The first-order chi connectivity index (χ1) is 13.5. The van der Waals surface area contributed by atoms with Gasteiger partial charge in [0.15, 0.2) is 5.13 Å². The van der Waals surface area contributed by atoms with E-state index in [9.17, 15) is 9.59 Å². The minimum absolute atomic E-state index is 0.0376. The zero-order valence-corrected chi connectivity index (χ0v) is 15.8. The number of aromatic nitrogens is 2. The van der Waals surface area contributed by atoms with Gasteiger partial charge in [-0.3, -0.25) is 19.0 Å². The van der Waals surface area contributed by atoms with Crippen LogP contribution in [0, 0.1) is 0 Å².